The SMILES string of the molecule is CC(O)C1CCCCN1CC1CCN(C(=O)OC(C)(C)C)CC1. The first-order valence-electron chi connectivity index (χ1n) is 9.16. The van der Waals surface area contributed by atoms with Crippen molar-refractivity contribution in [3.05, 3.63) is 0 Å². The van der Waals surface area contributed by atoms with E-state index in [-0.39, 0.29) is 12.2 Å². The molecule has 2 aliphatic heterocycles. The molecule has 2 heterocycles. The van der Waals surface area contributed by atoms with Gasteiger partial charge in [0, 0.05) is 25.7 Å². The molecule has 0 aromatic heterocycles. The molecular formula is C18H34N2O3. The Kier molecular flexibility index (Phi) is 6.32. The molecule has 0 aromatic carbocycles. The summed E-state index contributed by atoms with van der Waals surface area (Å²) < 4.78 is 5.45. The summed E-state index contributed by atoms with van der Waals surface area (Å²) >= 11 is 0. The minimum atomic E-state index is -0.424. The van der Waals surface area contributed by atoms with Crippen LogP contribution in [0.3, 0.4) is 0 Å². The summed E-state index contributed by atoms with van der Waals surface area (Å²) in [6.07, 6.45) is 5.19. The lowest BCUT2D eigenvalue weighted by Gasteiger charge is -2.41. The highest BCUT2D eigenvalue weighted by molar-refractivity contribution is 5.68. The van der Waals surface area contributed by atoms with Gasteiger partial charge in [0.25, 0.3) is 0 Å². The van der Waals surface area contributed by atoms with Gasteiger partial charge in [-0.05, 0) is 65.8 Å². The fraction of sp³-hybridized carbons (Fsp3) is 0.944. The van der Waals surface area contributed by atoms with Crippen molar-refractivity contribution in [2.75, 3.05) is 26.2 Å². The Labute approximate surface area is 141 Å². The molecule has 2 atom stereocenters. The van der Waals surface area contributed by atoms with Crippen molar-refractivity contribution >= 4 is 6.09 Å². The van der Waals surface area contributed by atoms with Gasteiger partial charge < -0.3 is 14.7 Å². The minimum absolute atomic E-state index is 0.184. The molecule has 0 bridgehead atoms. The average molecular weight is 326 g/mol. The summed E-state index contributed by atoms with van der Waals surface area (Å²) in [7, 11) is 0. The van der Waals surface area contributed by atoms with Crippen molar-refractivity contribution in [3.63, 3.8) is 0 Å². The van der Waals surface area contributed by atoms with E-state index < -0.39 is 5.60 Å². The highest BCUT2D eigenvalue weighted by atomic mass is 16.6. The molecule has 2 saturated heterocycles. The third-order valence-electron chi connectivity index (χ3n) is 4.98. The maximum absolute atomic E-state index is 12.1. The predicted octanol–water partition coefficient (Wildman–Crippen LogP) is 2.87. The van der Waals surface area contributed by atoms with Gasteiger partial charge in [0.05, 0.1) is 6.10 Å². The monoisotopic (exact) mass is 326 g/mol. The molecular weight excluding hydrogens is 292 g/mol. The Morgan fingerprint density at radius 1 is 1.17 bits per heavy atom. The number of amides is 1. The number of hydrogen-bond acceptors (Lipinski definition) is 4. The lowest BCUT2D eigenvalue weighted by molar-refractivity contribution is 0.00659. The Hall–Kier alpha value is -0.810. The number of piperidine rings is 2. The molecule has 134 valence electrons. The molecule has 5 heteroatoms. The van der Waals surface area contributed by atoms with Gasteiger partial charge in [-0.1, -0.05) is 6.42 Å². The number of nitrogens with zero attached hydrogens (tertiary/aromatic N) is 2. The van der Waals surface area contributed by atoms with E-state index in [1.54, 1.807) is 0 Å². The molecule has 2 rings (SSSR count). The standard InChI is InChI=1S/C18H34N2O3/c1-14(21)16-7-5-6-10-20(16)13-15-8-11-19(12-9-15)17(22)23-18(2,3)4/h14-16,21H,5-13H2,1-4H3. The number of aliphatic hydroxyl groups excluding tert-OH is 1. The molecule has 5 nitrogen and oxygen atoms in total. The van der Waals surface area contributed by atoms with E-state index in [1.165, 1.54) is 12.8 Å². The molecule has 2 aliphatic rings. The van der Waals surface area contributed by atoms with E-state index in [0.29, 0.717) is 12.0 Å². The number of likely N-dealkylation sites (tertiary alicyclic amines) is 2. The molecule has 2 unspecified atom stereocenters. The van der Waals surface area contributed by atoms with Crippen LogP contribution in [0.4, 0.5) is 4.79 Å². The van der Waals surface area contributed by atoms with E-state index in [2.05, 4.69) is 4.90 Å². The molecule has 0 aromatic rings. The van der Waals surface area contributed by atoms with Gasteiger partial charge in [0.2, 0.25) is 0 Å². The summed E-state index contributed by atoms with van der Waals surface area (Å²) in [5.41, 5.74) is -0.424. The Morgan fingerprint density at radius 2 is 1.83 bits per heavy atom. The van der Waals surface area contributed by atoms with Gasteiger partial charge in [0.1, 0.15) is 5.60 Å². The van der Waals surface area contributed by atoms with Crippen LogP contribution in [-0.4, -0.2) is 64.9 Å². The van der Waals surface area contributed by atoms with Crippen LogP contribution in [-0.2, 0) is 4.74 Å². The number of carbonyl (C=O) groups excluding carboxylic acids is 1. The number of rotatable bonds is 3. The van der Waals surface area contributed by atoms with Crippen LogP contribution in [0.25, 0.3) is 0 Å². The minimum Gasteiger partial charge on any atom is -0.444 e. The molecule has 1 amide bonds. The van der Waals surface area contributed by atoms with Crippen LogP contribution in [0.1, 0.15) is 59.8 Å². The van der Waals surface area contributed by atoms with E-state index in [0.717, 1.165) is 45.4 Å². The fourth-order valence-electron chi connectivity index (χ4n) is 3.75. The first kappa shape index (κ1) is 18.5. The lowest BCUT2D eigenvalue weighted by atomic mass is 9.92. The Balaban J connectivity index is 1.79. The largest absolute Gasteiger partial charge is 0.444 e. The highest BCUT2D eigenvalue weighted by Gasteiger charge is 2.31. The van der Waals surface area contributed by atoms with Crippen molar-refractivity contribution in [1.29, 1.82) is 0 Å². The zero-order chi connectivity index (χ0) is 17.0. The number of aliphatic hydroxyl groups is 1. The molecule has 1 N–H and O–H groups in total. The number of ether oxygens (including phenoxy) is 1. The zero-order valence-electron chi connectivity index (χ0n) is 15.3. The van der Waals surface area contributed by atoms with E-state index >= 15 is 0 Å². The topological polar surface area (TPSA) is 53.0 Å². The second kappa shape index (κ2) is 7.84. The van der Waals surface area contributed by atoms with Crippen molar-refractivity contribution in [2.45, 2.75) is 77.5 Å². The summed E-state index contributed by atoms with van der Waals surface area (Å²) in [5.74, 6) is 0.619. The first-order valence-corrected chi connectivity index (χ1v) is 9.16. The van der Waals surface area contributed by atoms with E-state index in [1.807, 2.05) is 32.6 Å². The highest BCUT2D eigenvalue weighted by Crippen LogP contribution is 2.25. The normalized spacial score (nSPS) is 26.1. The van der Waals surface area contributed by atoms with Gasteiger partial charge >= 0.3 is 6.09 Å². The van der Waals surface area contributed by atoms with Crippen LogP contribution in [0, 0.1) is 5.92 Å². The van der Waals surface area contributed by atoms with E-state index in [9.17, 15) is 9.90 Å². The Bertz CT molecular complexity index is 384. The zero-order valence-corrected chi connectivity index (χ0v) is 15.3. The van der Waals surface area contributed by atoms with Crippen molar-refractivity contribution in [1.82, 2.24) is 9.80 Å². The molecule has 23 heavy (non-hydrogen) atoms. The third kappa shape index (κ3) is 5.64. The van der Waals surface area contributed by atoms with E-state index in [4.69, 9.17) is 4.74 Å². The molecule has 2 fully saturated rings. The Morgan fingerprint density at radius 3 is 2.39 bits per heavy atom. The van der Waals surface area contributed by atoms with Crippen LogP contribution in [0.15, 0.2) is 0 Å². The number of hydrogen-bond donors (Lipinski definition) is 1. The maximum atomic E-state index is 12.1. The molecule has 0 saturated carbocycles. The van der Waals surface area contributed by atoms with Crippen LogP contribution < -0.4 is 0 Å². The average Bonchev–Trinajstić information content (AvgIpc) is 2.46. The van der Waals surface area contributed by atoms with Crippen LogP contribution in [0.5, 0.6) is 0 Å². The van der Waals surface area contributed by atoms with Gasteiger partial charge in [-0.3, -0.25) is 4.90 Å². The predicted molar refractivity (Wildman–Crippen MR) is 91.4 cm³/mol. The van der Waals surface area contributed by atoms with Gasteiger partial charge in [-0.2, -0.15) is 0 Å². The van der Waals surface area contributed by atoms with Crippen LogP contribution >= 0.6 is 0 Å². The summed E-state index contributed by atoms with van der Waals surface area (Å²) in [4.78, 5) is 16.4. The fourth-order valence-corrected chi connectivity index (χ4v) is 3.75. The summed E-state index contributed by atoms with van der Waals surface area (Å²) in [5, 5.41) is 9.99. The molecule has 0 aliphatic carbocycles. The van der Waals surface area contributed by atoms with Gasteiger partial charge in [-0.15, -0.1) is 0 Å². The maximum Gasteiger partial charge on any atom is 0.410 e. The van der Waals surface area contributed by atoms with Crippen molar-refractivity contribution < 1.29 is 14.6 Å². The second-order valence-electron chi connectivity index (χ2n) is 8.21. The smallest absolute Gasteiger partial charge is 0.410 e. The van der Waals surface area contributed by atoms with Crippen LogP contribution in [0.2, 0.25) is 0 Å². The molecule has 0 spiro atoms. The second-order valence-corrected chi connectivity index (χ2v) is 8.21. The first-order chi connectivity index (χ1) is 10.8. The van der Waals surface area contributed by atoms with Crippen molar-refractivity contribution in [2.24, 2.45) is 5.92 Å². The summed E-state index contributed by atoms with van der Waals surface area (Å²) in [6, 6.07) is 0.313. The third-order valence-corrected chi connectivity index (χ3v) is 4.98. The lowest BCUT2D eigenvalue weighted by Crippen LogP contribution is -2.49. The number of carbonyl (C=O) groups is 1. The summed E-state index contributed by atoms with van der Waals surface area (Å²) in [6.45, 7) is 11.4. The van der Waals surface area contributed by atoms with Crippen molar-refractivity contribution in [3.8, 4) is 0 Å². The quantitative estimate of drug-likeness (QED) is 0.866. The van der Waals surface area contributed by atoms with Gasteiger partial charge in [0.15, 0.2) is 0 Å². The molecule has 0 radical (unpaired) electrons. The van der Waals surface area contributed by atoms with Gasteiger partial charge in [-0.25, -0.2) is 4.79 Å².